The summed E-state index contributed by atoms with van der Waals surface area (Å²) in [4.78, 5) is 11.1. The highest BCUT2D eigenvalue weighted by Gasteiger charge is 2.00. The summed E-state index contributed by atoms with van der Waals surface area (Å²) in [5.74, 6) is -0.152. The van der Waals surface area contributed by atoms with Crippen LogP contribution in [0.15, 0.2) is 0 Å². The minimum absolute atomic E-state index is 0.152. The van der Waals surface area contributed by atoms with Gasteiger partial charge in [-0.1, -0.05) is 6.92 Å². The monoisotopic (exact) mass is 262 g/mol. The van der Waals surface area contributed by atoms with E-state index in [0.29, 0.717) is 52.5 Å². The molecule has 0 bridgehead atoms. The van der Waals surface area contributed by atoms with Crippen molar-refractivity contribution in [2.24, 2.45) is 5.73 Å². The van der Waals surface area contributed by atoms with Gasteiger partial charge < -0.3 is 25.3 Å². The molecule has 0 aromatic heterocycles. The summed E-state index contributed by atoms with van der Waals surface area (Å²) >= 11 is 0. The molecule has 0 spiro atoms. The van der Waals surface area contributed by atoms with Crippen LogP contribution >= 0.6 is 0 Å². The van der Waals surface area contributed by atoms with Crippen molar-refractivity contribution in [3.63, 3.8) is 0 Å². The number of nitrogens with one attached hydrogen (secondary N) is 1. The Labute approximate surface area is 109 Å². The third kappa shape index (κ3) is 13.4. The van der Waals surface area contributed by atoms with E-state index in [1.807, 2.05) is 6.92 Å². The molecule has 0 aromatic rings. The van der Waals surface area contributed by atoms with Crippen LogP contribution in [0.5, 0.6) is 0 Å². The highest BCUT2D eigenvalue weighted by molar-refractivity contribution is 5.69. The Balaban J connectivity index is 3.04. The number of rotatable bonds is 13. The topological polar surface area (TPSA) is 82.8 Å². The lowest BCUT2D eigenvalue weighted by Gasteiger charge is -2.06. The van der Waals surface area contributed by atoms with Gasteiger partial charge >= 0.3 is 5.97 Å². The highest BCUT2D eigenvalue weighted by atomic mass is 16.5. The van der Waals surface area contributed by atoms with Crippen LogP contribution in [0.1, 0.15) is 19.8 Å². The summed E-state index contributed by atoms with van der Waals surface area (Å²) in [6.07, 6.45) is 1.26. The Hall–Kier alpha value is -0.690. The van der Waals surface area contributed by atoms with Crippen molar-refractivity contribution in [1.82, 2.24) is 5.32 Å². The summed E-state index contributed by atoms with van der Waals surface area (Å²) in [5.41, 5.74) is 5.27. The molecule has 0 aromatic carbocycles. The summed E-state index contributed by atoms with van der Waals surface area (Å²) in [7, 11) is 0. The first kappa shape index (κ1) is 17.3. The molecule has 6 nitrogen and oxygen atoms in total. The molecule has 0 unspecified atom stereocenters. The minimum atomic E-state index is -0.152. The maximum absolute atomic E-state index is 11.1. The fraction of sp³-hybridized carbons (Fsp3) is 0.917. The molecule has 6 heteroatoms. The second-order valence-corrected chi connectivity index (χ2v) is 3.73. The minimum Gasteiger partial charge on any atom is -0.466 e. The van der Waals surface area contributed by atoms with Gasteiger partial charge in [-0.15, -0.1) is 0 Å². The largest absolute Gasteiger partial charge is 0.466 e. The van der Waals surface area contributed by atoms with Crippen molar-refractivity contribution in [3.05, 3.63) is 0 Å². The molecule has 0 rings (SSSR count). The fourth-order valence-electron chi connectivity index (χ4n) is 1.15. The second-order valence-electron chi connectivity index (χ2n) is 3.73. The maximum Gasteiger partial charge on any atom is 0.307 e. The number of ether oxygens (including phenoxy) is 3. The quantitative estimate of drug-likeness (QED) is 0.356. The molecule has 0 amide bonds. The lowest BCUT2D eigenvalue weighted by molar-refractivity contribution is -0.143. The Morgan fingerprint density at radius 2 is 1.78 bits per heavy atom. The lowest BCUT2D eigenvalue weighted by atomic mass is 10.4. The van der Waals surface area contributed by atoms with Gasteiger partial charge in [0.05, 0.1) is 39.5 Å². The van der Waals surface area contributed by atoms with Gasteiger partial charge in [0, 0.05) is 19.6 Å². The van der Waals surface area contributed by atoms with Gasteiger partial charge in [-0.2, -0.15) is 0 Å². The van der Waals surface area contributed by atoms with E-state index in [9.17, 15) is 4.79 Å². The van der Waals surface area contributed by atoms with E-state index in [4.69, 9.17) is 19.9 Å². The average Bonchev–Trinajstić information content (AvgIpc) is 2.38. The fourth-order valence-corrected chi connectivity index (χ4v) is 1.15. The summed E-state index contributed by atoms with van der Waals surface area (Å²) in [6, 6.07) is 0. The molecule has 3 N–H and O–H groups in total. The van der Waals surface area contributed by atoms with Gasteiger partial charge in [0.25, 0.3) is 0 Å². The predicted octanol–water partition coefficient (Wildman–Crippen LogP) is -0.0888. The van der Waals surface area contributed by atoms with Gasteiger partial charge in [-0.25, -0.2) is 0 Å². The Bertz CT molecular complexity index is 191. The molecule has 0 saturated heterocycles. The first-order chi connectivity index (χ1) is 8.81. The standard InChI is InChI=1S/C12H26N2O4/c1-2-7-18-12(15)3-5-14-6-9-17-11-10-16-8-4-13/h14H,2-11,13H2,1H3. The summed E-state index contributed by atoms with van der Waals surface area (Å²) in [5, 5.41) is 3.11. The van der Waals surface area contributed by atoms with E-state index in [2.05, 4.69) is 5.32 Å². The number of carbonyl (C=O) groups is 1. The molecule has 0 aliphatic rings. The van der Waals surface area contributed by atoms with Crippen molar-refractivity contribution in [1.29, 1.82) is 0 Å². The molecule has 0 atom stereocenters. The van der Waals surface area contributed by atoms with Crippen molar-refractivity contribution >= 4 is 5.97 Å². The summed E-state index contributed by atoms with van der Waals surface area (Å²) < 4.78 is 15.4. The molecule has 108 valence electrons. The van der Waals surface area contributed by atoms with Crippen LogP contribution in [-0.2, 0) is 19.0 Å². The van der Waals surface area contributed by atoms with Gasteiger partial charge in [-0.3, -0.25) is 4.79 Å². The predicted molar refractivity (Wildman–Crippen MR) is 69.4 cm³/mol. The number of nitrogens with two attached hydrogens (primary N) is 1. The molecule has 18 heavy (non-hydrogen) atoms. The van der Waals surface area contributed by atoms with Gasteiger partial charge in [0.2, 0.25) is 0 Å². The van der Waals surface area contributed by atoms with Crippen LogP contribution < -0.4 is 11.1 Å². The van der Waals surface area contributed by atoms with E-state index in [1.165, 1.54) is 0 Å². The SMILES string of the molecule is CCCOC(=O)CCNCCOCCOCCN. The number of hydrogen-bond donors (Lipinski definition) is 2. The van der Waals surface area contributed by atoms with Crippen LogP contribution in [0.3, 0.4) is 0 Å². The second kappa shape index (κ2) is 14.4. The molecule has 0 aliphatic carbocycles. The first-order valence-corrected chi connectivity index (χ1v) is 6.53. The Morgan fingerprint density at radius 1 is 1.06 bits per heavy atom. The molecule has 0 saturated carbocycles. The maximum atomic E-state index is 11.1. The smallest absolute Gasteiger partial charge is 0.307 e. The number of carbonyl (C=O) groups excluding carboxylic acids is 1. The van der Waals surface area contributed by atoms with Gasteiger partial charge in [-0.05, 0) is 6.42 Å². The molecule has 0 aliphatic heterocycles. The first-order valence-electron chi connectivity index (χ1n) is 6.53. The van der Waals surface area contributed by atoms with E-state index < -0.39 is 0 Å². The van der Waals surface area contributed by atoms with Crippen LogP contribution in [0.25, 0.3) is 0 Å². The van der Waals surface area contributed by atoms with Crippen molar-refractivity contribution in [2.45, 2.75) is 19.8 Å². The van der Waals surface area contributed by atoms with Crippen LogP contribution in [-0.4, -0.2) is 58.6 Å². The van der Waals surface area contributed by atoms with Crippen LogP contribution in [0.4, 0.5) is 0 Å². The van der Waals surface area contributed by atoms with E-state index in [-0.39, 0.29) is 5.97 Å². The van der Waals surface area contributed by atoms with E-state index >= 15 is 0 Å². The van der Waals surface area contributed by atoms with Crippen LogP contribution in [0, 0.1) is 0 Å². The Morgan fingerprint density at radius 3 is 2.44 bits per heavy atom. The zero-order valence-electron chi connectivity index (χ0n) is 11.3. The molecular formula is C12H26N2O4. The molecular weight excluding hydrogens is 236 g/mol. The average molecular weight is 262 g/mol. The third-order valence-corrected chi connectivity index (χ3v) is 2.03. The third-order valence-electron chi connectivity index (χ3n) is 2.03. The van der Waals surface area contributed by atoms with E-state index in [0.717, 1.165) is 13.0 Å². The van der Waals surface area contributed by atoms with Crippen LogP contribution in [0.2, 0.25) is 0 Å². The molecule has 0 heterocycles. The van der Waals surface area contributed by atoms with Crippen molar-refractivity contribution < 1.29 is 19.0 Å². The summed E-state index contributed by atoms with van der Waals surface area (Å²) in [6.45, 7) is 6.67. The zero-order valence-corrected chi connectivity index (χ0v) is 11.3. The number of hydrogen-bond acceptors (Lipinski definition) is 6. The molecule has 0 radical (unpaired) electrons. The van der Waals surface area contributed by atoms with Gasteiger partial charge in [0.1, 0.15) is 0 Å². The lowest BCUT2D eigenvalue weighted by Crippen LogP contribution is -2.24. The number of esters is 1. The highest BCUT2D eigenvalue weighted by Crippen LogP contribution is 1.87. The molecule has 0 fully saturated rings. The normalized spacial score (nSPS) is 10.6. The van der Waals surface area contributed by atoms with Gasteiger partial charge in [0.15, 0.2) is 0 Å². The van der Waals surface area contributed by atoms with Crippen molar-refractivity contribution in [2.75, 3.05) is 52.7 Å². The van der Waals surface area contributed by atoms with E-state index in [1.54, 1.807) is 0 Å². The van der Waals surface area contributed by atoms with Crippen molar-refractivity contribution in [3.8, 4) is 0 Å². The zero-order chi connectivity index (χ0) is 13.5. The Kier molecular flexibility index (Phi) is 13.8.